The first-order valence-corrected chi connectivity index (χ1v) is 5.74. The van der Waals surface area contributed by atoms with Gasteiger partial charge in [-0.2, -0.15) is 0 Å². The van der Waals surface area contributed by atoms with Crippen LogP contribution in [0.3, 0.4) is 0 Å². The average molecular weight is 254 g/mol. The number of hydrogen-bond acceptors (Lipinski definition) is 3. The fourth-order valence-electron chi connectivity index (χ4n) is 2.22. The highest BCUT2D eigenvalue weighted by Crippen LogP contribution is 2.28. The predicted molar refractivity (Wildman–Crippen MR) is 64.4 cm³/mol. The first kappa shape index (κ1) is 12.6. The van der Waals surface area contributed by atoms with E-state index in [-0.39, 0.29) is 12.4 Å². The van der Waals surface area contributed by atoms with E-state index in [9.17, 15) is 9.18 Å². The number of carbonyl (C=O) groups is 1. The fourth-order valence-corrected chi connectivity index (χ4v) is 2.22. The zero-order valence-corrected chi connectivity index (χ0v) is 9.77. The molecule has 1 aromatic carbocycles. The van der Waals surface area contributed by atoms with Crippen LogP contribution < -0.4 is 10.2 Å². The molecule has 0 saturated heterocycles. The molecule has 98 valence electrons. The van der Waals surface area contributed by atoms with Crippen LogP contribution in [-0.2, 0) is 6.42 Å². The van der Waals surface area contributed by atoms with Crippen molar-refractivity contribution in [2.24, 2.45) is 0 Å². The Morgan fingerprint density at radius 1 is 1.56 bits per heavy atom. The predicted octanol–water partition coefficient (Wildman–Crippen LogP) is 0.817. The van der Waals surface area contributed by atoms with Gasteiger partial charge in [0.25, 0.3) is 0 Å². The number of hydrogen-bond donors (Lipinski definition) is 3. The summed E-state index contributed by atoms with van der Waals surface area (Å²) in [5.74, 6) is -0.266. The molecule has 0 unspecified atom stereocenters. The average Bonchev–Trinajstić information content (AvgIpc) is 2.70. The smallest absolute Gasteiger partial charge is 0.405 e. The lowest BCUT2D eigenvalue weighted by Gasteiger charge is -2.24. The molecule has 0 saturated carbocycles. The molecule has 0 radical (unpaired) electrons. The van der Waals surface area contributed by atoms with Crippen LogP contribution in [0.1, 0.15) is 5.56 Å². The van der Waals surface area contributed by atoms with E-state index >= 15 is 0 Å². The first-order chi connectivity index (χ1) is 8.60. The highest BCUT2D eigenvalue weighted by Gasteiger charge is 2.22. The number of nitrogens with one attached hydrogen (secondary N) is 1. The van der Waals surface area contributed by atoms with Gasteiger partial charge in [0.1, 0.15) is 5.82 Å². The van der Waals surface area contributed by atoms with Crippen LogP contribution in [-0.4, -0.2) is 42.0 Å². The standard InChI is InChI=1S/C12H15FN2O3/c13-9-1-2-11-8(5-9)3-4-15(11)6-10(7-16)14-12(17)18/h1-2,5,10,14,16H,3-4,6-7H2,(H,17,18)/t10-/m1/s1. The van der Waals surface area contributed by atoms with E-state index in [0.29, 0.717) is 13.1 Å². The van der Waals surface area contributed by atoms with Crippen molar-refractivity contribution >= 4 is 11.8 Å². The van der Waals surface area contributed by atoms with E-state index in [1.54, 1.807) is 6.07 Å². The molecule has 0 fully saturated rings. The van der Waals surface area contributed by atoms with Crippen LogP contribution >= 0.6 is 0 Å². The molecule has 0 aliphatic carbocycles. The second kappa shape index (κ2) is 5.22. The van der Waals surface area contributed by atoms with Gasteiger partial charge >= 0.3 is 6.09 Å². The number of rotatable bonds is 4. The minimum absolute atomic E-state index is 0.265. The third kappa shape index (κ3) is 2.70. The molecule has 0 bridgehead atoms. The number of fused-ring (bicyclic) bond motifs is 1. The van der Waals surface area contributed by atoms with E-state index in [0.717, 1.165) is 17.7 Å². The van der Waals surface area contributed by atoms with Crippen molar-refractivity contribution in [3.8, 4) is 0 Å². The number of aliphatic hydroxyl groups excluding tert-OH is 1. The number of halogens is 1. The Balaban J connectivity index is 2.06. The molecule has 6 heteroatoms. The third-order valence-electron chi connectivity index (χ3n) is 3.02. The Labute approximate surface area is 104 Å². The fraction of sp³-hybridized carbons (Fsp3) is 0.417. The number of benzene rings is 1. The zero-order valence-electron chi connectivity index (χ0n) is 9.77. The van der Waals surface area contributed by atoms with Gasteiger partial charge in [0.05, 0.1) is 12.6 Å². The molecule has 0 spiro atoms. The van der Waals surface area contributed by atoms with Crippen LogP contribution in [0.2, 0.25) is 0 Å². The van der Waals surface area contributed by atoms with Gasteiger partial charge < -0.3 is 20.4 Å². The Kier molecular flexibility index (Phi) is 3.66. The normalized spacial score (nSPS) is 15.3. The van der Waals surface area contributed by atoms with Crippen LogP contribution in [0.4, 0.5) is 14.9 Å². The van der Waals surface area contributed by atoms with Crippen molar-refractivity contribution in [2.45, 2.75) is 12.5 Å². The summed E-state index contributed by atoms with van der Waals surface area (Å²) in [6.07, 6.45) is -0.425. The quantitative estimate of drug-likeness (QED) is 0.743. The van der Waals surface area contributed by atoms with Gasteiger partial charge in [-0.25, -0.2) is 9.18 Å². The van der Waals surface area contributed by atoms with E-state index in [2.05, 4.69) is 5.32 Å². The van der Waals surface area contributed by atoms with Crippen molar-refractivity contribution in [3.63, 3.8) is 0 Å². The van der Waals surface area contributed by atoms with Crippen molar-refractivity contribution in [1.82, 2.24) is 5.32 Å². The van der Waals surface area contributed by atoms with Crippen molar-refractivity contribution in [2.75, 3.05) is 24.6 Å². The van der Waals surface area contributed by atoms with Gasteiger partial charge in [-0.1, -0.05) is 0 Å². The number of aliphatic hydroxyl groups is 1. The SMILES string of the molecule is O=C(O)N[C@@H](CO)CN1CCc2cc(F)ccc21. The summed E-state index contributed by atoms with van der Waals surface area (Å²) in [7, 11) is 0. The molecule has 5 nitrogen and oxygen atoms in total. The highest BCUT2D eigenvalue weighted by molar-refractivity contribution is 5.65. The minimum Gasteiger partial charge on any atom is -0.465 e. The van der Waals surface area contributed by atoms with Gasteiger partial charge in [0.2, 0.25) is 0 Å². The van der Waals surface area contributed by atoms with Gasteiger partial charge in [-0.15, -0.1) is 0 Å². The van der Waals surface area contributed by atoms with Crippen LogP contribution in [0.5, 0.6) is 0 Å². The first-order valence-electron chi connectivity index (χ1n) is 5.74. The second-order valence-corrected chi connectivity index (χ2v) is 4.30. The summed E-state index contributed by atoms with van der Waals surface area (Å²) < 4.78 is 13.0. The molecule has 1 aliphatic rings. The van der Waals surface area contributed by atoms with Crippen molar-refractivity contribution in [1.29, 1.82) is 0 Å². The lowest BCUT2D eigenvalue weighted by atomic mass is 10.1. The molecule has 1 amide bonds. The van der Waals surface area contributed by atoms with Gasteiger partial charge in [0.15, 0.2) is 0 Å². The molecule has 1 aromatic rings. The summed E-state index contributed by atoms with van der Waals surface area (Å²) in [6, 6.07) is 4.02. The molecule has 1 heterocycles. The third-order valence-corrected chi connectivity index (χ3v) is 3.02. The largest absolute Gasteiger partial charge is 0.465 e. The maximum atomic E-state index is 13.0. The Morgan fingerprint density at radius 2 is 2.33 bits per heavy atom. The molecular weight excluding hydrogens is 239 g/mol. The van der Waals surface area contributed by atoms with Gasteiger partial charge in [0, 0.05) is 18.8 Å². The Morgan fingerprint density at radius 3 is 3.00 bits per heavy atom. The summed E-state index contributed by atoms with van der Waals surface area (Å²) >= 11 is 0. The number of nitrogens with zero attached hydrogens (tertiary/aromatic N) is 1. The van der Waals surface area contributed by atoms with Gasteiger partial charge in [-0.05, 0) is 30.2 Å². The summed E-state index contributed by atoms with van der Waals surface area (Å²) in [5, 5.41) is 20.0. The number of amides is 1. The maximum Gasteiger partial charge on any atom is 0.405 e. The van der Waals surface area contributed by atoms with E-state index in [4.69, 9.17) is 10.2 Å². The summed E-state index contributed by atoms with van der Waals surface area (Å²) in [5.41, 5.74) is 1.82. The minimum atomic E-state index is -1.16. The molecule has 2 rings (SSSR count). The van der Waals surface area contributed by atoms with E-state index < -0.39 is 12.1 Å². The highest BCUT2D eigenvalue weighted by atomic mass is 19.1. The zero-order chi connectivity index (χ0) is 13.1. The van der Waals surface area contributed by atoms with E-state index in [1.165, 1.54) is 12.1 Å². The molecular formula is C12H15FN2O3. The molecule has 0 aromatic heterocycles. The molecule has 1 aliphatic heterocycles. The van der Waals surface area contributed by atoms with E-state index in [1.807, 2.05) is 4.90 Å². The molecule has 3 N–H and O–H groups in total. The molecule has 18 heavy (non-hydrogen) atoms. The van der Waals surface area contributed by atoms with Crippen LogP contribution in [0.15, 0.2) is 18.2 Å². The summed E-state index contributed by atoms with van der Waals surface area (Å²) in [6.45, 7) is 0.817. The Bertz CT molecular complexity index is 453. The van der Waals surface area contributed by atoms with Crippen LogP contribution in [0, 0.1) is 5.82 Å². The number of anilines is 1. The lowest BCUT2D eigenvalue weighted by Crippen LogP contribution is -2.45. The van der Waals surface area contributed by atoms with Gasteiger partial charge in [-0.3, -0.25) is 0 Å². The Hall–Kier alpha value is -1.82. The maximum absolute atomic E-state index is 13.0. The summed E-state index contributed by atoms with van der Waals surface area (Å²) in [4.78, 5) is 12.5. The monoisotopic (exact) mass is 254 g/mol. The number of carboxylic acid groups (broad SMARTS) is 1. The van der Waals surface area contributed by atoms with Crippen molar-refractivity contribution in [3.05, 3.63) is 29.6 Å². The van der Waals surface area contributed by atoms with Crippen molar-refractivity contribution < 1.29 is 19.4 Å². The topological polar surface area (TPSA) is 72.8 Å². The molecule has 1 atom stereocenters. The lowest BCUT2D eigenvalue weighted by molar-refractivity contribution is 0.178. The van der Waals surface area contributed by atoms with Crippen LogP contribution in [0.25, 0.3) is 0 Å². The second-order valence-electron chi connectivity index (χ2n) is 4.30.